The fourth-order valence-corrected chi connectivity index (χ4v) is 4.15. The van der Waals surface area contributed by atoms with Crippen molar-refractivity contribution in [2.24, 2.45) is 0 Å². The molecule has 2 heterocycles. The van der Waals surface area contributed by atoms with Crippen molar-refractivity contribution in [1.29, 1.82) is 0 Å². The van der Waals surface area contributed by atoms with E-state index in [1.807, 2.05) is 21.7 Å². The number of thiophene rings is 1. The molecule has 1 saturated carbocycles. The van der Waals surface area contributed by atoms with Crippen molar-refractivity contribution in [1.82, 2.24) is 9.80 Å². The number of carboxylic acid groups (broad SMARTS) is 1. The maximum absolute atomic E-state index is 12.4. The predicted octanol–water partition coefficient (Wildman–Crippen LogP) is 1.96. The van der Waals surface area contributed by atoms with Gasteiger partial charge in [0.2, 0.25) is 5.91 Å². The number of carboxylic acids is 1. The zero-order valence-electron chi connectivity index (χ0n) is 11.9. The third kappa shape index (κ3) is 2.96. The van der Waals surface area contributed by atoms with Crippen LogP contribution in [0, 0.1) is 0 Å². The quantitative estimate of drug-likeness (QED) is 0.923. The molecule has 0 unspecified atom stereocenters. The van der Waals surface area contributed by atoms with Crippen molar-refractivity contribution in [3.05, 3.63) is 22.4 Å². The van der Waals surface area contributed by atoms with Gasteiger partial charge in [0.1, 0.15) is 6.04 Å². The lowest BCUT2D eigenvalue weighted by Gasteiger charge is -2.39. The number of amides is 1. The van der Waals surface area contributed by atoms with E-state index >= 15 is 0 Å². The fourth-order valence-electron chi connectivity index (χ4n) is 3.47. The summed E-state index contributed by atoms with van der Waals surface area (Å²) in [5.74, 6) is -0.801. The topological polar surface area (TPSA) is 60.9 Å². The number of hydrogen-bond donors (Lipinski definition) is 1. The third-order valence-corrected chi connectivity index (χ3v) is 5.21. The van der Waals surface area contributed by atoms with Crippen molar-refractivity contribution in [2.75, 3.05) is 19.6 Å². The van der Waals surface area contributed by atoms with E-state index in [2.05, 4.69) is 0 Å². The molecule has 1 aliphatic carbocycles. The summed E-state index contributed by atoms with van der Waals surface area (Å²) < 4.78 is 0. The minimum atomic E-state index is -0.879. The maximum Gasteiger partial charge on any atom is 0.325 e. The smallest absolute Gasteiger partial charge is 0.325 e. The van der Waals surface area contributed by atoms with Crippen molar-refractivity contribution >= 4 is 23.2 Å². The van der Waals surface area contributed by atoms with Crippen molar-refractivity contribution in [3.63, 3.8) is 0 Å². The van der Waals surface area contributed by atoms with Crippen LogP contribution in [0.3, 0.4) is 0 Å². The molecule has 0 bridgehead atoms. The lowest BCUT2D eigenvalue weighted by atomic mass is 10.1. The number of carbonyl (C=O) groups is 2. The van der Waals surface area contributed by atoms with Gasteiger partial charge in [-0.15, -0.1) is 0 Å². The first kappa shape index (κ1) is 14.5. The molecule has 1 N–H and O–H groups in total. The molecule has 3 rings (SSSR count). The predicted molar refractivity (Wildman–Crippen MR) is 80.2 cm³/mol. The SMILES string of the molecule is O=C(O)[C@@H](c1ccsc1)N1CCN(C2CCCC2)C(=O)C1. The van der Waals surface area contributed by atoms with E-state index in [1.165, 1.54) is 24.2 Å². The molecule has 0 spiro atoms. The van der Waals surface area contributed by atoms with E-state index in [1.54, 1.807) is 4.90 Å². The van der Waals surface area contributed by atoms with Crippen LogP contribution in [0.5, 0.6) is 0 Å². The second-order valence-electron chi connectivity index (χ2n) is 5.79. The minimum absolute atomic E-state index is 0.0784. The number of hydrogen-bond acceptors (Lipinski definition) is 4. The highest BCUT2D eigenvalue weighted by atomic mass is 32.1. The highest BCUT2D eigenvalue weighted by Crippen LogP contribution is 2.28. The molecule has 0 aromatic carbocycles. The molecular weight excluding hydrogens is 288 g/mol. The molecule has 0 radical (unpaired) electrons. The van der Waals surface area contributed by atoms with E-state index in [0.29, 0.717) is 19.1 Å². The molecule has 1 aromatic heterocycles. The van der Waals surface area contributed by atoms with Crippen LogP contribution in [0.25, 0.3) is 0 Å². The minimum Gasteiger partial charge on any atom is -0.480 e. The second kappa shape index (κ2) is 6.15. The molecule has 2 fully saturated rings. The summed E-state index contributed by atoms with van der Waals surface area (Å²) >= 11 is 1.49. The van der Waals surface area contributed by atoms with E-state index in [4.69, 9.17) is 0 Å². The molecule has 6 heteroatoms. The molecule has 114 valence electrons. The largest absolute Gasteiger partial charge is 0.480 e. The number of rotatable bonds is 4. The number of carbonyl (C=O) groups excluding carboxylic acids is 1. The second-order valence-corrected chi connectivity index (χ2v) is 6.57. The summed E-state index contributed by atoms with van der Waals surface area (Å²) in [6.45, 7) is 1.50. The van der Waals surface area contributed by atoms with E-state index in [-0.39, 0.29) is 12.5 Å². The number of piperazine rings is 1. The van der Waals surface area contributed by atoms with Gasteiger partial charge >= 0.3 is 5.97 Å². The normalized spacial score (nSPS) is 22.7. The van der Waals surface area contributed by atoms with Gasteiger partial charge in [-0.3, -0.25) is 14.5 Å². The Kier molecular flexibility index (Phi) is 4.26. The maximum atomic E-state index is 12.4. The fraction of sp³-hybridized carbons (Fsp3) is 0.600. The van der Waals surface area contributed by atoms with Gasteiger partial charge in [-0.05, 0) is 35.2 Å². The summed E-state index contributed by atoms with van der Waals surface area (Å²) in [5, 5.41) is 13.2. The van der Waals surface area contributed by atoms with Crippen LogP contribution in [0.2, 0.25) is 0 Å². The highest BCUT2D eigenvalue weighted by molar-refractivity contribution is 7.08. The van der Waals surface area contributed by atoms with Gasteiger partial charge in [-0.1, -0.05) is 12.8 Å². The molecular formula is C15H20N2O3S. The molecule has 5 nitrogen and oxygen atoms in total. The van der Waals surface area contributed by atoms with Crippen LogP contribution in [0.1, 0.15) is 37.3 Å². The summed E-state index contributed by atoms with van der Waals surface area (Å²) in [7, 11) is 0. The molecule has 21 heavy (non-hydrogen) atoms. The first-order valence-corrected chi connectivity index (χ1v) is 8.39. The Morgan fingerprint density at radius 2 is 2.10 bits per heavy atom. The molecule has 1 amide bonds. The van der Waals surface area contributed by atoms with Crippen LogP contribution < -0.4 is 0 Å². The average molecular weight is 308 g/mol. The summed E-state index contributed by atoms with van der Waals surface area (Å²) in [4.78, 5) is 27.7. The first-order chi connectivity index (χ1) is 10.2. The molecule has 1 aliphatic heterocycles. The van der Waals surface area contributed by atoms with Crippen LogP contribution in [-0.4, -0.2) is 52.5 Å². The zero-order chi connectivity index (χ0) is 14.8. The third-order valence-electron chi connectivity index (χ3n) is 4.51. The van der Waals surface area contributed by atoms with Crippen LogP contribution in [0.4, 0.5) is 0 Å². The van der Waals surface area contributed by atoms with Gasteiger partial charge in [-0.2, -0.15) is 11.3 Å². The monoisotopic (exact) mass is 308 g/mol. The summed E-state index contributed by atoms with van der Waals surface area (Å²) in [6.07, 6.45) is 4.59. The van der Waals surface area contributed by atoms with Gasteiger partial charge in [0.25, 0.3) is 0 Å². The Balaban J connectivity index is 1.70. The lowest BCUT2D eigenvalue weighted by molar-refractivity contribution is -0.148. The van der Waals surface area contributed by atoms with Gasteiger partial charge in [0.15, 0.2) is 0 Å². The van der Waals surface area contributed by atoms with Gasteiger partial charge in [0, 0.05) is 19.1 Å². The van der Waals surface area contributed by atoms with E-state index in [0.717, 1.165) is 18.4 Å². The Morgan fingerprint density at radius 3 is 2.67 bits per heavy atom. The Morgan fingerprint density at radius 1 is 1.33 bits per heavy atom. The molecule has 1 saturated heterocycles. The summed E-state index contributed by atoms with van der Waals surface area (Å²) in [5.41, 5.74) is 0.773. The lowest BCUT2D eigenvalue weighted by Crippen LogP contribution is -2.55. The van der Waals surface area contributed by atoms with E-state index < -0.39 is 12.0 Å². The van der Waals surface area contributed by atoms with Gasteiger partial charge in [0.05, 0.1) is 6.54 Å². The van der Waals surface area contributed by atoms with Crippen LogP contribution in [0.15, 0.2) is 16.8 Å². The number of nitrogens with zero attached hydrogens (tertiary/aromatic N) is 2. The summed E-state index contributed by atoms with van der Waals surface area (Å²) in [6, 6.07) is 1.51. The standard InChI is InChI=1S/C15H20N2O3S/c18-13-9-16(6-7-17(13)12-3-1-2-4-12)14(15(19)20)11-5-8-21-10-11/h5,8,10,12,14H,1-4,6-7,9H2,(H,19,20)/t14-/m1/s1. The van der Waals surface area contributed by atoms with Crippen molar-refractivity contribution in [3.8, 4) is 0 Å². The molecule has 1 aromatic rings. The molecule has 2 aliphatic rings. The highest BCUT2D eigenvalue weighted by Gasteiger charge is 2.36. The van der Waals surface area contributed by atoms with Gasteiger partial charge < -0.3 is 10.0 Å². The Bertz CT molecular complexity index is 511. The van der Waals surface area contributed by atoms with Crippen molar-refractivity contribution in [2.45, 2.75) is 37.8 Å². The Labute approximate surface area is 128 Å². The van der Waals surface area contributed by atoms with Crippen molar-refractivity contribution < 1.29 is 14.7 Å². The molecule has 1 atom stereocenters. The van der Waals surface area contributed by atoms with E-state index in [9.17, 15) is 14.7 Å². The van der Waals surface area contributed by atoms with Gasteiger partial charge in [-0.25, -0.2) is 0 Å². The van der Waals surface area contributed by atoms with Crippen LogP contribution in [-0.2, 0) is 9.59 Å². The van der Waals surface area contributed by atoms with Crippen LogP contribution >= 0.6 is 11.3 Å². The zero-order valence-corrected chi connectivity index (χ0v) is 12.7. The number of aliphatic carboxylic acids is 1. The average Bonchev–Trinajstić information content (AvgIpc) is 3.11. The first-order valence-electron chi connectivity index (χ1n) is 7.45. The Hall–Kier alpha value is -1.40.